The van der Waals surface area contributed by atoms with Gasteiger partial charge in [-0.3, -0.25) is 23.1 Å². The number of nitrogens with zero attached hydrogens (tertiary/aromatic N) is 5. The van der Waals surface area contributed by atoms with Gasteiger partial charge >= 0.3 is 5.69 Å². The first kappa shape index (κ1) is 17.9. The van der Waals surface area contributed by atoms with Crippen molar-refractivity contribution in [2.24, 2.45) is 7.05 Å². The Hall–Kier alpha value is -3.49. The van der Waals surface area contributed by atoms with Crippen LogP contribution in [0.3, 0.4) is 0 Å². The van der Waals surface area contributed by atoms with Crippen molar-refractivity contribution in [1.29, 1.82) is 0 Å². The average molecular weight is 383 g/mol. The molecule has 1 aromatic carbocycles. The molecule has 8 nitrogen and oxygen atoms in total. The number of ketones is 1. The Kier molecular flexibility index (Phi) is 3.84. The van der Waals surface area contributed by atoms with Gasteiger partial charge in [0.05, 0.1) is 6.04 Å². The normalized spacial score (nSPS) is 12.8. The first-order valence-electron chi connectivity index (χ1n) is 8.70. The van der Waals surface area contributed by atoms with Crippen LogP contribution in [0.25, 0.3) is 22.6 Å². The molecular weight excluding hydrogens is 365 g/mol. The van der Waals surface area contributed by atoms with Gasteiger partial charge in [0.2, 0.25) is 5.78 Å². The van der Waals surface area contributed by atoms with E-state index < -0.39 is 17.3 Å². The lowest BCUT2D eigenvalue weighted by Gasteiger charge is -2.12. The second-order valence-corrected chi connectivity index (χ2v) is 6.84. The van der Waals surface area contributed by atoms with Crippen LogP contribution in [0.5, 0.6) is 0 Å². The topological polar surface area (TPSA) is 83.3 Å². The Balaban J connectivity index is 2.14. The van der Waals surface area contributed by atoms with Gasteiger partial charge in [0, 0.05) is 24.6 Å². The number of carbonyl (C=O) groups is 1. The molecule has 0 spiro atoms. The van der Waals surface area contributed by atoms with Gasteiger partial charge in [-0.15, -0.1) is 0 Å². The van der Waals surface area contributed by atoms with E-state index in [9.17, 15) is 18.8 Å². The Labute approximate surface area is 158 Å². The zero-order chi connectivity index (χ0) is 20.3. The van der Waals surface area contributed by atoms with Crippen molar-refractivity contribution in [3.8, 4) is 5.69 Å². The smallest absolute Gasteiger partial charge is 0.298 e. The highest BCUT2D eigenvalue weighted by molar-refractivity contribution is 5.81. The molecular formula is C19H18FN5O3. The number of Topliss-reactive ketones (excluding diaryl/α,β-unsaturated/α-hetero) is 1. The lowest BCUT2D eigenvalue weighted by Crippen LogP contribution is -2.42. The maximum absolute atomic E-state index is 13.3. The molecule has 0 N–H and O–H groups in total. The maximum atomic E-state index is 13.3. The second-order valence-electron chi connectivity index (χ2n) is 6.84. The van der Waals surface area contributed by atoms with E-state index in [2.05, 4.69) is 4.98 Å². The van der Waals surface area contributed by atoms with Gasteiger partial charge in [-0.25, -0.2) is 13.8 Å². The number of carbonyl (C=O) groups excluding carboxylic acids is 1. The number of aromatic nitrogens is 5. The van der Waals surface area contributed by atoms with Crippen LogP contribution in [0.2, 0.25) is 0 Å². The Morgan fingerprint density at radius 3 is 2.43 bits per heavy atom. The summed E-state index contributed by atoms with van der Waals surface area (Å²) in [6.07, 6.45) is 1.72. The standard InChI is InChI=1S/C19H18FN5O3/c1-10-9-23-15-16(21-18(23)24(10)14-7-5-13(20)6-8-14)22(4)19(28)25(17(15)27)11(2)12(3)26/h5-9,11H,1-4H3/t11-/m1/s1. The molecule has 0 bridgehead atoms. The molecule has 0 amide bonds. The number of aryl methyl sites for hydroxylation is 2. The molecule has 0 fully saturated rings. The summed E-state index contributed by atoms with van der Waals surface area (Å²) in [5, 5.41) is 0. The fourth-order valence-electron chi connectivity index (χ4n) is 3.41. The van der Waals surface area contributed by atoms with Gasteiger partial charge in [-0.1, -0.05) is 0 Å². The molecule has 4 aromatic rings. The predicted octanol–water partition coefficient (Wildman–Crippen LogP) is 1.74. The highest BCUT2D eigenvalue weighted by Gasteiger charge is 2.24. The summed E-state index contributed by atoms with van der Waals surface area (Å²) in [5.74, 6) is -0.236. The van der Waals surface area contributed by atoms with Crippen LogP contribution in [0.15, 0.2) is 40.1 Å². The van der Waals surface area contributed by atoms with E-state index >= 15 is 0 Å². The minimum Gasteiger partial charge on any atom is -0.298 e. The van der Waals surface area contributed by atoms with E-state index in [0.29, 0.717) is 11.5 Å². The van der Waals surface area contributed by atoms with Gasteiger partial charge in [0.25, 0.3) is 5.56 Å². The molecule has 4 rings (SSSR count). The van der Waals surface area contributed by atoms with Crippen LogP contribution in [0.1, 0.15) is 25.6 Å². The number of rotatable bonds is 3. The molecule has 0 saturated carbocycles. The minimum absolute atomic E-state index is 0.203. The van der Waals surface area contributed by atoms with Crippen LogP contribution in [-0.2, 0) is 11.8 Å². The lowest BCUT2D eigenvalue weighted by atomic mass is 10.2. The zero-order valence-electron chi connectivity index (χ0n) is 15.8. The average Bonchev–Trinajstić information content (AvgIpc) is 3.15. The Morgan fingerprint density at radius 2 is 1.82 bits per heavy atom. The SMILES string of the molecule is CC(=O)[C@@H](C)n1c(=O)c2c(nc3n(-c4ccc(F)cc4)c(C)cn23)n(C)c1=O. The summed E-state index contributed by atoms with van der Waals surface area (Å²) in [4.78, 5) is 42.1. The molecule has 0 unspecified atom stereocenters. The highest BCUT2D eigenvalue weighted by atomic mass is 19.1. The van der Waals surface area contributed by atoms with Crippen LogP contribution in [-0.4, -0.2) is 28.9 Å². The third-order valence-electron chi connectivity index (χ3n) is 5.04. The quantitative estimate of drug-likeness (QED) is 0.539. The van der Waals surface area contributed by atoms with Crippen molar-refractivity contribution < 1.29 is 9.18 Å². The Bertz CT molecular complexity index is 1370. The molecule has 3 heterocycles. The van der Waals surface area contributed by atoms with Gasteiger partial charge in [-0.05, 0) is 45.0 Å². The van der Waals surface area contributed by atoms with E-state index in [1.807, 2.05) is 6.92 Å². The fraction of sp³-hybridized carbons (Fsp3) is 0.263. The minimum atomic E-state index is -0.888. The number of hydrogen-bond acceptors (Lipinski definition) is 4. The molecule has 0 saturated heterocycles. The summed E-state index contributed by atoms with van der Waals surface area (Å²) in [6, 6.07) is 5.01. The first-order valence-corrected chi connectivity index (χ1v) is 8.70. The third-order valence-corrected chi connectivity index (χ3v) is 5.04. The first-order chi connectivity index (χ1) is 13.2. The summed E-state index contributed by atoms with van der Waals surface area (Å²) in [6.45, 7) is 4.69. The highest BCUT2D eigenvalue weighted by Crippen LogP contribution is 2.21. The van der Waals surface area contributed by atoms with Crippen molar-refractivity contribution in [2.75, 3.05) is 0 Å². The number of hydrogen-bond donors (Lipinski definition) is 0. The molecule has 3 aromatic heterocycles. The van der Waals surface area contributed by atoms with E-state index in [-0.39, 0.29) is 22.8 Å². The van der Waals surface area contributed by atoms with Crippen molar-refractivity contribution >= 4 is 22.7 Å². The van der Waals surface area contributed by atoms with Crippen molar-refractivity contribution in [2.45, 2.75) is 26.8 Å². The van der Waals surface area contributed by atoms with Crippen molar-refractivity contribution in [1.82, 2.24) is 23.1 Å². The monoisotopic (exact) mass is 383 g/mol. The predicted molar refractivity (Wildman–Crippen MR) is 102 cm³/mol. The fourth-order valence-corrected chi connectivity index (χ4v) is 3.41. The van der Waals surface area contributed by atoms with Crippen LogP contribution < -0.4 is 11.2 Å². The Morgan fingerprint density at radius 1 is 1.18 bits per heavy atom. The van der Waals surface area contributed by atoms with Crippen LogP contribution in [0, 0.1) is 12.7 Å². The molecule has 0 aliphatic carbocycles. The number of imidazole rings is 2. The largest absolute Gasteiger partial charge is 0.333 e. The summed E-state index contributed by atoms with van der Waals surface area (Å²) < 4.78 is 18.9. The molecule has 1 atom stereocenters. The van der Waals surface area contributed by atoms with E-state index in [1.165, 1.54) is 37.6 Å². The molecule has 9 heteroatoms. The number of benzene rings is 1. The second kappa shape index (κ2) is 6.01. The summed E-state index contributed by atoms with van der Waals surface area (Å²) in [5.41, 5.74) is 0.680. The molecule has 0 aliphatic rings. The summed E-state index contributed by atoms with van der Waals surface area (Å²) in [7, 11) is 1.51. The van der Waals surface area contributed by atoms with Gasteiger partial charge in [0.1, 0.15) is 5.82 Å². The van der Waals surface area contributed by atoms with Gasteiger partial charge in [0.15, 0.2) is 16.9 Å². The summed E-state index contributed by atoms with van der Waals surface area (Å²) >= 11 is 0. The van der Waals surface area contributed by atoms with Crippen LogP contribution in [0.4, 0.5) is 4.39 Å². The molecule has 144 valence electrons. The third kappa shape index (κ3) is 2.35. The number of halogens is 1. The van der Waals surface area contributed by atoms with E-state index in [4.69, 9.17) is 0 Å². The molecule has 0 aliphatic heterocycles. The lowest BCUT2D eigenvalue weighted by molar-refractivity contribution is -0.119. The van der Waals surface area contributed by atoms with E-state index in [1.54, 1.807) is 27.3 Å². The number of fused-ring (bicyclic) bond motifs is 3. The van der Waals surface area contributed by atoms with Gasteiger partial charge < -0.3 is 0 Å². The van der Waals surface area contributed by atoms with Crippen molar-refractivity contribution in [3.05, 3.63) is 62.8 Å². The van der Waals surface area contributed by atoms with Crippen molar-refractivity contribution in [3.63, 3.8) is 0 Å². The van der Waals surface area contributed by atoms with Crippen LogP contribution >= 0.6 is 0 Å². The van der Waals surface area contributed by atoms with E-state index in [0.717, 1.165) is 10.3 Å². The molecule has 0 radical (unpaired) electrons. The molecule has 28 heavy (non-hydrogen) atoms. The zero-order valence-corrected chi connectivity index (χ0v) is 15.8. The maximum Gasteiger partial charge on any atom is 0.333 e. The van der Waals surface area contributed by atoms with Gasteiger partial charge in [-0.2, -0.15) is 4.98 Å².